The number of likely N-dealkylation sites (tertiary alicyclic amines) is 1. The Balaban J connectivity index is 1.98. The number of carbonyl (C=O) groups excluding carboxylic acids is 2. The third kappa shape index (κ3) is 5.11. The van der Waals surface area contributed by atoms with E-state index in [1.807, 2.05) is 11.8 Å². The molecule has 25 heavy (non-hydrogen) atoms. The number of methoxy groups -OCH3 is 2. The van der Waals surface area contributed by atoms with Crippen LogP contribution in [0.3, 0.4) is 0 Å². The normalized spacial score (nSPS) is 17.1. The minimum Gasteiger partial charge on any atom is -0.493 e. The van der Waals surface area contributed by atoms with E-state index in [1.54, 1.807) is 32.4 Å². The molecule has 1 aromatic rings. The second-order valence-electron chi connectivity index (χ2n) is 6.38. The van der Waals surface area contributed by atoms with Crippen molar-refractivity contribution in [1.82, 2.24) is 10.2 Å². The molecule has 1 N–H and O–H groups in total. The number of rotatable bonds is 7. The molecule has 6 nitrogen and oxygen atoms in total. The second kappa shape index (κ2) is 9.30. The molecule has 0 bridgehead atoms. The number of benzene rings is 1. The Bertz CT molecular complexity index is 603. The number of nitrogens with zero attached hydrogens (tertiary/aromatic N) is 1. The van der Waals surface area contributed by atoms with Crippen LogP contribution in [-0.4, -0.2) is 50.6 Å². The van der Waals surface area contributed by atoms with Gasteiger partial charge in [-0.2, -0.15) is 0 Å². The highest BCUT2D eigenvalue weighted by atomic mass is 16.5. The predicted octanol–water partition coefficient (Wildman–Crippen LogP) is 2.47. The lowest BCUT2D eigenvalue weighted by atomic mass is 9.97. The average molecular weight is 348 g/mol. The first kappa shape index (κ1) is 19.1. The van der Waals surface area contributed by atoms with Gasteiger partial charge in [-0.05, 0) is 43.4 Å². The van der Waals surface area contributed by atoms with Crippen molar-refractivity contribution in [2.45, 2.75) is 32.6 Å². The van der Waals surface area contributed by atoms with Gasteiger partial charge in [-0.3, -0.25) is 9.59 Å². The first-order valence-electron chi connectivity index (χ1n) is 8.87. The molecule has 1 unspecified atom stereocenters. The minimum absolute atomic E-state index is 0.00876. The molecule has 0 radical (unpaired) electrons. The second-order valence-corrected chi connectivity index (χ2v) is 6.38. The number of hydrogen-bond donors (Lipinski definition) is 1. The van der Waals surface area contributed by atoms with E-state index in [1.165, 1.54) is 0 Å². The van der Waals surface area contributed by atoms with Crippen LogP contribution in [0.15, 0.2) is 18.2 Å². The molecule has 2 rings (SSSR count). The predicted molar refractivity (Wildman–Crippen MR) is 96.1 cm³/mol. The van der Waals surface area contributed by atoms with Crippen molar-refractivity contribution in [3.8, 4) is 11.5 Å². The van der Waals surface area contributed by atoms with E-state index in [4.69, 9.17) is 9.47 Å². The summed E-state index contributed by atoms with van der Waals surface area (Å²) in [6, 6.07) is 5.22. The zero-order valence-corrected chi connectivity index (χ0v) is 15.3. The van der Waals surface area contributed by atoms with Crippen LogP contribution in [-0.2, 0) is 4.79 Å². The number of carbonyl (C=O) groups is 2. The van der Waals surface area contributed by atoms with Gasteiger partial charge >= 0.3 is 0 Å². The summed E-state index contributed by atoms with van der Waals surface area (Å²) in [6.45, 7) is 4.03. The van der Waals surface area contributed by atoms with Crippen LogP contribution in [0.4, 0.5) is 0 Å². The van der Waals surface area contributed by atoms with E-state index in [-0.39, 0.29) is 11.8 Å². The van der Waals surface area contributed by atoms with Gasteiger partial charge in [0, 0.05) is 31.6 Å². The van der Waals surface area contributed by atoms with E-state index in [0.717, 1.165) is 25.8 Å². The third-order valence-electron chi connectivity index (χ3n) is 4.50. The van der Waals surface area contributed by atoms with E-state index in [2.05, 4.69) is 5.32 Å². The lowest BCUT2D eigenvalue weighted by molar-refractivity contribution is -0.121. The first-order chi connectivity index (χ1) is 12.1. The zero-order valence-electron chi connectivity index (χ0n) is 15.3. The molecular weight excluding hydrogens is 320 g/mol. The van der Waals surface area contributed by atoms with Gasteiger partial charge in [0.05, 0.1) is 14.2 Å². The first-order valence-corrected chi connectivity index (χ1v) is 8.87. The fourth-order valence-electron chi connectivity index (χ4n) is 3.14. The van der Waals surface area contributed by atoms with Crippen molar-refractivity contribution in [3.63, 3.8) is 0 Å². The SMILES string of the molecule is CCCC(=O)NCC1CCCN(C(=O)c2ccc(OC)c(OC)c2)C1. The van der Waals surface area contributed by atoms with E-state index in [9.17, 15) is 9.59 Å². The van der Waals surface area contributed by atoms with Gasteiger partial charge in [0.2, 0.25) is 5.91 Å². The molecule has 1 fully saturated rings. The number of nitrogens with one attached hydrogen (secondary N) is 1. The van der Waals surface area contributed by atoms with Gasteiger partial charge in [-0.15, -0.1) is 0 Å². The Morgan fingerprint density at radius 3 is 2.68 bits per heavy atom. The van der Waals surface area contributed by atoms with Crippen molar-refractivity contribution in [2.75, 3.05) is 33.9 Å². The van der Waals surface area contributed by atoms with Crippen LogP contribution in [0.2, 0.25) is 0 Å². The Hall–Kier alpha value is -2.24. The van der Waals surface area contributed by atoms with Gasteiger partial charge in [0.1, 0.15) is 0 Å². The molecule has 0 spiro atoms. The maximum Gasteiger partial charge on any atom is 0.254 e. The highest BCUT2D eigenvalue weighted by molar-refractivity contribution is 5.95. The maximum absolute atomic E-state index is 12.8. The summed E-state index contributed by atoms with van der Waals surface area (Å²) < 4.78 is 10.5. The summed E-state index contributed by atoms with van der Waals surface area (Å²) in [7, 11) is 3.13. The molecule has 138 valence electrons. The number of amides is 2. The molecule has 1 saturated heterocycles. The number of piperidine rings is 1. The van der Waals surface area contributed by atoms with Gasteiger partial charge in [0.15, 0.2) is 11.5 Å². The standard InChI is InChI=1S/C19H28N2O4/c1-4-6-18(22)20-12-14-7-5-10-21(13-14)19(23)15-8-9-16(24-2)17(11-15)25-3/h8-9,11,14H,4-7,10,12-13H2,1-3H3,(H,20,22). The average Bonchev–Trinajstić information content (AvgIpc) is 2.65. The van der Waals surface area contributed by atoms with Crippen LogP contribution in [0.1, 0.15) is 43.0 Å². The topological polar surface area (TPSA) is 67.9 Å². The summed E-state index contributed by atoms with van der Waals surface area (Å²) in [5.74, 6) is 1.54. The monoisotopic (exact) mass is 348 g/mol. The minimum atomic E-state index is -0.00876. The summed E-state index contributed by atoms with van der Waals surface area (Å²) >= 11 is 0. The summed E-state index contributed by atoms with van der Waals surface area (Å²) in [6.07, 6.45) is 3.39. The van der Waals surface area contributed by atoms with E-state index >= 15 is 0 Å². The van der Waals surface area contributed by atoms with Gasteiger partial charge in [-0.25, -0.2) is 0 Å². The number of hydrogen-bond acceptors (Lipinski definition) is 4. The molecule has 0 aliphatic carbocycles. The smallest absolute Gasteiger partial charge is 0.254 e. The van der Waals surface area contributed by atoms with Crippen LogP contribution in [0.25, 0.3) is 0 Å². The van der Waals surface area contributed by atoms with E-state index in [0.29, 0.717) is 42.5 Å². The molecule has 1 aliphatic heterocycles. The fourth-order valence-corrected chi connectivity index (χ4v) is 3.14. The summed E-state index contributed by atoms with van der Waals surface area (Å²) in [5.41, 5.74) is 0.591. The molecule has 2 amide bonds. The third-order valence-corrected chi connectivity index (χ3v) is 4.50. The van der Waals surface area contributed by atoms with Crippen molar-refractivity contribution in [3.05, 3.63) is 23.8 Å². The van der Waals surface area contributed by atoms with Crippen LogP contribution >= 0.6 is 0 Å². The largest absolute Gasteiger partial charge is 0.493 e. The van der Waals surface area contributed by atoms with Crippen LogP contribution in [0, 0.1) is 5.92 Å². The van der Waals surface area contributed by atoms with Crippen LogP contribution < -0.4 is 14.8 Å². The maximum atomic E-state index is 12.8. The molecule has 1 aliphatic rings. The van der Waals surface area contributed by atoms with Crippen molar-refractivity contribution >= 4 is 11.8 Å². The lowest BCUT2D eigenvalue weighted by Crippen LogP contribution is -2.43. The molecule has 0 saturated carbocycles. The molecule has 6 heteroatoms. The quantitative estimate of drug-likeness (QED) is 0.822. The highest BCUT2D eigenvalue weighted by Gasteiger charge is 2.25. The van der Waals surface area contributed by atoms with Crippen molar-refractivity contribution in [2.24, 2.45) is 5.92 Å². The molecule has 1 aromatic carbocycles. The fraction of sp³-hybridized carbons (Fsp3) is 0.579. The zero-order chi connectivity index (χ0) is 18.2. The Morgan fingerprint density at radius 1 is 1.24 bits per heavy atom. The molecular formula is C19H28N2O4. The van der Waals surface area contributed by atoms with Gasteiger partial charge in [-0.1, -0.05) is 6.92 Å². The molecule has 0 aromatic heterocycles. The van der Waals surface area contributed by atoms with Crippen molar-refractivity contribution in [1.29, 1.82) is 0 Å². The molecule has 1 heterocycles. The Morgan fingerprint density at radius 2 is 2.00 bits per heavy atom. The Kier molecular flexibility index (Phi) is 7.10. The highest BCUT2D eigenvalue weighted by Crippen LogP contribution is 2.28. The summed E-state index contributed by atoms with van der Waals surface area (Å²) in [4.78, 5) is 26.3. The van der Waals surface area contributed by atoms with Gasteiger partial charge in [0.25, 0.3) is 5.91 Å². The van der Waals surface area contributed by atoms with Crippen molar-refractivity contribution < 1.29 is 19.1 Å². The Labute approximate surface area is 149 Å². The lowest BCUT2D eigenvalue weighted by Gasteiger charge is -2.33. The number of ether oxygens (including phenoxy) is 2. The van der Waals surface area contributed by atoms with Crippen LogP contribution in [0.5, 0.6) is 11.5 Å². The van der Waals surface area contributed by atoms with Gasteiger partial charge < -0.3 is 19.7 Å². The molecule has 1 atom stereocenters. The van der Waals surface area contributed by atoms with E-state index < -0.39 is 0 Å². The summed E-state index contributed by atoms with van der Waals surface area (Å²) in [5, 5.41) is 2.97.